The summed E-state index contributed by atoms with van der Waals surface area (Å²) in [6, 6.07) is 7.05. The number of carbonyl (C=O) groups is 2. The number of urea groups is 1. The minimum Gasteiger partial charge on any atom is -0.351 e. The summed E-state index contributed by atoms with van der Waals surface area (Å²) in [4.78, 5) is 23.6. The largest absolute Gasteiger partial charge is 0.351 e. The Balaban J connectivity index is 2.25. The Morgan fingerprint density at radius 2 is 1.65 bits per heavy atom. The van der Waals surface area contributed by atoms with Crippen LogP contribution < -0.4 is 10.6 Å². The van der Waals surface area contributed by atoms with Crippen molar-refractivity contribution in [3.8, 4) is 0 Å². The molecule has 0 saturated heterocycles. The molecule has 0 aliphatic heterocycles. The quantitative estimate of drug-likeness (QED) is 0.512. The average molecular weight is 322 g/mol. The number of aryl methyl sites for hydroxylation is 1. The highest BCUT2D eigenvalue weighted by Crippen LogP contribution is 2.05. The highest BCUT2D eigenvalue weighted by atomic mass is 16.7. The first-order valence-electron chi connectivity index (χ1n) is 7.91. The number of rotatable bonds is 10. The van der Waals surface area contributed by atoms with Crippen LogP contribution in [0, 0.1) is 6.92 Å². The van der Waals surface area contributed by atoms with E-state index in [-0.39, 0.29) is 31.3 Å². The maximum atomic E-state index is 12.0. The lowest BCUT2D eigenvalue weighted by atomic mass is 10.1. The summed E-state index contributed by atoms with van der Waals surface area (Å²) in [5, 5.41) is 5.31. The number of Topliss-reactive ketones (excluding diaryl/α,β-unsaturated/α-hetero) is 1. The van der Waals surface area contributed by atoms with Gasteiger partial charge in [0.25, 0.3) is 0 Å². The lowest BCUT2D eigenvalue weighted by Crippen LogP contribution is -2.42. The number of amides is 2. The third-order valence-corrected chi connectivity index (χ3v) is 3.15. The Kier molecular flexibility index (Phi) is 8.94. The number of carbonyl (C=O) groups excluding carboxylic acids is 2. The maximum Gasteiger partial charge on any atom is 0.314 e. The van der Waals surface area contributed by atoms with E-state index in [0.29, 0.717) is 18.8 Å². The van der Waals surface area contributed by atoms with Crippen molar-refractivity contribution in [3.63, 3.8) is 0 Å². The molecule has 0 bridgehead atoms. The van der Waals surface area contributed by atoms with Gasteiger partial charge < -0.3 is 20.1 Å². The van der Waals surface area contributed by atoms with Crippen molar-refractivity contribution in [1.29, 1.82) is 0 Å². The Labute approximate surface area is 137 Å². The Morgan fingerprint density at radius 1 is 1.04 bits per heavy atom. The summed E-state index contributed by atoms with van der Waals surface area (Å²) in [6.07, 6.45) is -0.193. The van der Waals surface area contributed by atoms with E-state index >= 15 is 0 Å². The third-order valence-electron chi connectivity index (χ3n) is 3.15. The van der Waals surface area contributed by atoms with Gasteiger partial charge in [-0.15, -0.1) is 0 Å². The molecule has 1 aromatic rings. The molecule has 0 unspecified atom stereocenters. The van der Waals surface area contributed by atoms with Crippen molar-refractivity contribution in [2.45, 2.75) is 33.5 Å². The van der Waals surface area contributed by atoms with Crippen LogP contribution in [0.15, 0.2) is 24.3 Å². The molecule has 0 fully saturated rings. The fraction of sp³-hybridized carbons (Fsp3) is 0.529. The van der Waals surface area contributed by atoms with Gasteiger partial charge in [0.1, 0.15) is 0 Å². The number of ether oxygens (including phenoxy) is 2. The van der Waals surface area contributed by atoms with E-state index in [1.807, 2.05) is 32.9 Å². The first-order chi connectivity index (χ1) is 11.1. The molecule has 0 heterocycles. The van der Waals surface area contributed by atoms with Gasteiger partial charge >= 0.3 is 6.03 Å². The first kappa shape index (κ1) is 19.1. The second-order valence-corrected chi connectivity index (χ2v) is 5.02. The van der Waals surface area contributed by atoms with Gasteiger partial charge in [-0.3, -0.25) is 4.79 Å². The predicted molar refractivity (Wildman–Crippen MR) is 88.6 cm³/mol. The fourth-order valence-electron chi connectivity index (χ4n) is 1.95. The standard InChI is InChI=1S/C17H26N2O4/c1-4-22-16(23-5-2)12-19-17(21)18-11-10-15(20)14-8-6-13(3)7-9-14/h6-9,16H,4-5,10-12H2,1-3H3,(H2,18,19,21). The van der Waals surface area contributed by atoms with E-state index in [1.165, 1.54) is 0 Å². The van der Waals surface area contributed by atoms with Crippen molar-refractivity contribution < 1.29 is 19.1 Å². The minimum atomic E-state index is -0.454. The van der Waals surface area contributed by atoms with Gasteiger partial charge in [-0.05, 0) is 20.8 Å². The van der Waals surface area contributed by atoms with Crippen LogP contribution in [0.4, 0.5) is 4.79 Å². The van der Waals surface area contributed by atoms with Gasteiger partial charge in [0.2, 0.25) is 0 Å². The summed E-state index contributed by atoms with van der Waals surface area (Å²) >= 11 is 0. The van der Waals surface area contributed by atoms with Gasteiger partial charge in [0.15, 0.2) is 12.1 Å². The van der Waals surface area contributed by atoms with Crippen LogP contribution >= 0.6 is 0 Å². The lowest BCUT2D eigenvalue weighted by Gasteiger charge is -2.17. The molecule has 128 valence electrons. The third kappa shape index (κ3) is 7.76. The van der Waals surface area contributed by atoms with Crippen LogP contribution in [0.1, 0.15) is 36.2 Å². The molecule has 0 radical (unpaired) electrons. The van der Waals surface area contributed by atoms with Crippen LogP contribution in [-0.2, 0) is 9.47 Å². The van der Waals surface area contributed by atoms with Crippen LogP contribution in [0.3, 0.4) is 0 Å². The molecule has 0 aliphatic rings. The van der Waals surface area contributed by atoms with Crippen molar-refractivity contribution in [2.75, 3.05) is 26.3 Å². The average Bonchev–Trinajstić information content (AvgIpc) is 2.53. The lowest BCUT2D eigenvalue weighted by molar-refractivity contribution is -0.131. The van der Waals surface area contributed by atoms with Crippen molar-refractivity contribution in [1.82, 2.24) is 10.6 Å². The molecule has 0 atom stereocenters. The van der Waals surface area contributed by atoms with Crippen LogP contribution in [0.25, 0.3) is 0 Å². The summed E-state index contributed by atoms with van der Waals surface area (Å²) in [5.41, 5.74) is 1.77. The highest BCUT2D eigenvalue weighted by Gasteiger charge is 2.10. The highest BCUT2D eigenvalue weighted by molar-refractivity contribution is 5.96. The smallest absolute Gasteiger partial charge is 0.314 e. The van der Waals surface area contributed by atoms with Crippen LogP contribution in [0.2, 0.25) is 0 Å². The summed E-state index contributed by atoms with van der Waals surface area (Å²) in [6.45, 7) is 7.27. The minimum absolute atomic E-state index is 0.00630. The molecule has 0 aliphatic carbocycles. The SMILES string of the molecule is CCOC(CNC(=O)NCCC(=O)c1ccc(C)cc1)OCC. The number of nitrogens with one attached hydrogen (secondary N) is 2. The molecular formula is C17H26N2O4. The van der Waals surface area contributed by atoms with Gasteiger partial charge in [-0.1, -0.05) is 29.8 Å². The van der Waals surface area contributed by atoms with E-state index in [9.17, 15) is 9.59 Å². The second kappa shape index (κ2) is 10.7. The fourth-order valence-corrected chi connectivity index (χ4v) is 1.95. The van der Waals surface area contributed by atoms with Gasteiger partial charge in [-0.2, -0.15) is 0 Å². The van der Waals surface area contributed by atoms with E-state index < -0.39 is 6.29 Å². The summed E-state index contributed by atoms with van der Waals surface area (Å²) in [5.74, 6) is 0.00630. The number of hydrogen-bond donors (Lipinski definition) is 2. The summed E-state index contributed by atoms with van der Waals surface area (Å²) in [7, 11) is 0. The molecule has 1 rings (SSSR count). The molecule has 23 heavy (non-hydrogen) atoms. The van der Waals surface area contributed by atoms with E-state index in [1.54, 1.807) is 12.1 Å². The van der Waals surface area contributed by atoms with E-state index in [0.717, 1.165) is 5.56 Å². The molecule has 0 aromatic heterocycles. The monoisotopic (exact) mass is 322 g/mol. The molecule has 2 N–H and O–H groups in total. The normalized spacial score (nSPS) is 10.6. The van der Waals surface area contributed by atoms with Crippen molar-refractivity contribution in [2.24, 2.45) is 0 Å². The van der Waals surface area contributed by atoms with Crippen molar-refractivity contribution in [3.05, 3.63) is 35.4 Å². The number of benzene rings is 1. The molecular weight excluding hydrogens is 296 g/mol. The predicted octanol–water partition coefficient (Wildman–Crippen LogP) is 2.27. The van der Waals surface area contributed by atoms with Crippen LogP contribution in [-0.4, -0.2) is 44.4 Å². The van der Waals surface area contributed by atoms with Gasteiger partial charge in [0, 0.05) is 31.7 Å². The van der Waals surface area contributed by atoms with Crippen LogP contribution in [0.5, 0.6) is 0 Å². The Bertz CT molecular complexity index is 482. The maximum absolute atomic E-state index is 12.0. The zero-order valence-corrected chi connectivity index (χ0v) is 14.1. The second-order valence-electron chi connectivity index (χ2n) is 5.02. The Morgan fingerprint density at radius 3 is 2.22 bits per heavy atom. The zero-order valence-electron chi connectivity index (χ0n) is 14.1. The number of hydrogen-bond acceptors (Lipinski definition) is 4. The summed E-state index contributed by atoms with van der Waals surface area (Å²) < 4.78 is 10.6. The molecule has 0 saturated carbocycles. The van der Waals surface area contributed by atoms with E-state index in [4.69, 9.17) is 9.47 Å². The number of ketones is 1. The molecule has 0 spiro atoms. The topological polar surface area (TPSA) is 76.7 Å². The molecule has 1 aromatic carbocycles. The van der Waals surface area contributed by atoms with Gasteiger partial charge in [-0.25, -0.2) is 4.79 Å². The molecule has 6 heteroatoms. The zero-order chi connectivity index (χ0) is 17.1. The Hall–Kier alpha value is -1.92. The molecule has 2 amide bonds. The van der Waals surface area contributed by atoms with Crippen molar-refractivity contribution >= 4 is 11.8 Å². The first-order valence-corrected chi connectivity index (χ1v) is 7.91. The molecule has 6 nitrogen and oxygen atoms in total. The van der Waals surface area contributed by atoms with E-state index in [2.05, 4.69) is 10.6 Å². The van der Waals surface area contributed by atoms with Gasteiger partial charge in [0.05, 0.1) is 6.54 Å².